The van der Waals surface area contributed by atoms with E-state index in [9.17, 15) is 4.79 Å². The molecule has 0 unspecified atom stereocenters. The maximum Gasteiger partial charge on any atom is 0.252 e. The van der Waals surface area contributed by atoms with Gasteiger partial charge in [-0.15, -0.1) is 0 Å². The molecule has 5 heteroatoms. The fourth-order valence-electron chi connectivity index (χ4n) is 5.16. The number of hydrogen-bond donors (Lipinski definition) is 3. The lowest BCUT2D eigenvalue weighted by atomic mass is 9.96. The number of benzene rings is 2. The Labute approximate surface area is 210 Å². The predicted molar refractivity (Wildman–Crippen MR) is 147 cm³/mol. The number of nitrogens with zero attached hydrogens (tertiary/aromatic N) is 1. The molecule has 0 spiro atoms. The normalized spacial score (nSPS) is 14.1. The Morgan fingerprint density at radius 1 is 0.943 bits per heavy atom. The van der Waals surface area contributed by atoms with Crippen LogP contribution in [0.2, 0.25) is 0 Å². The van der Waals surface area contributed by atoms with Gasteiger partial charge in [0.25, 0.3) is 5.56 Å². The van der Waals surface area contributed by atoms with Crippen molar-refractivity contribution < 1.29 is 0 Å². The van der Waals surface area contributed by atoms with Crippen molar-refractivity contribution in [1.29, 1.82) is 0 Å². The second-order valence-corrected chi connectivity index (χ2v) is 10.4. The molecule has 0 atom stereocenters. The molecule has 0 bridgehead atoms. The zero-order valence-corrected chi connectivity index (χ0v) is 21.9. The lowest BCUT2D eigenvalue weighted by Gasteiger charge is -2.20. The first kappa shape index (κ1) is 25.2. The van der Waals surface area contributed by atoms with Gasteiger partial charge in [0.2, 0.25) is 0 Å². The molecule has 0 saturated heterocycles. The van der Waals surface area contributed by atoms with E-state index in [1.807, 2.05) is 19.9 Å². The lowest BCUT2D eigenvalue weighted by molar-refractivity contribution is 0.402. The topological polar surface area (TPSA) is 60.2 Å². The number of H-pyrrole nitrogens is 1. The first-order valence-electron chi connectivity index (χ1n) is 12.8. The van der Waals surface area contributed by atoms with Gasteiger partial charge < -0.3 is 20.5 Å². The average Bonchev–Trinajstić information content (AvgIpc) is 3.31. The Hall–Kier alpha value is -2.89. The van der Waals surface area contributed by atoms with Crippen LogP contribution in [0.3, 0.4) is 0 Å². The van der Waals surface area contributed by atoms with Crippen molar-refractivity contribution in [2.24, 2.45) is 0 Å². The number of aryl methyl sites for hydroxylation is 2. The van der Waals surface area contributed by atoms with Gasteiger partial charge in [-0.2, -0.15) is 0 Å². The quantitative estimate of drug-likeness (QED) is 0.375. The highest BCUT2D eigenvalue weighted by Gasteiger charge is 2.17. The van der Waals surface area contributed by atoms with E-state index in [4.69, 9.17) is 0 Å². The van der Waals surface area contributed by atoms with Crippen molar-refractivity contribution in [2.75, 3.05) is 19.4 Å². The molecule has 186 valence electrons. The highest BCUT2D eigenvalue weighted by atomic mass is 16.1. The van der Waals surface area contributed by atoms with Gasteiger partial charge in [0.15, 0.2) is 0 Å². The highest BCUT2D eigenvalue weighted by molar-refractivity contribution is 5.72. The van der Waals surface area contributed by atoms with Gasteiger partial charge in [-0.25, -0.2) is 0 Å². The summed E-state index contributed by atoms with van der Waals surface area (Å²) in [7, 11) is 4.19. The van der Waals surface area contributed by atoms with Crippen LogP contribution in [-0.4, -0.2) is 30.0 Å². The predicted octanol–water partition coefficient (Wildman–Crippen LogP) is 5.67. The number of aromatic nitrogens is 1. The molecule has 3 N–H and O–H groups in total. The van der Waals surface area contributed by atoms with Crippen LogP contribution in [0, 0.1) is 20.8 Å². The summed E-state index contributed by atoms with van der Waals surface area (Å²) in [4.78, 5) is 17.6. The van der Waals surface area contributed by atoms with Gasteiger partial charge >= 0.3 is 0 Å². The van der Waals surface area contributed by atoms with Gasteiger partial charge in [0.1, 0.15) is 0 Å². The molecular weight excluding hydrogens is 432 g/mol. The Morgan fingerprint density at radius 3 is 2.31 bits per heavy atom. The minimum absolute atomic E-state index is 0.00174. The Balaban J connectivity index is 1.59. The molecule has 2 aromatic carbocycles. The van der Waals surface area contributed by atoms with E-state index in [-0.39, 0.29) is 5.56 Å². The molecule has 1 fully saturated rings. The number of aromatic amines is 1. The van der Waals surface area contributed by atoms with Crippen LogP contribution in [0.1, 0.15) is 59.2 Å². The standard InChI is InChI=1S/C30H40N4O/c1-20-14-21(2)32-30(35)28(20)18-31-17-26-15-25(24-12-10-23(11-13-24)19-34(4)5)16-29(22(26)3)33-27-8-6-7-9-27/h10-16,27,31,33H,6-9,17-19H2,1-5H3,(H,32,35). The van der Waals surface area contributed by atoms with Gasteiger partial charge in [0, 0.05) is 42.6 Å². The lowest BCUT2D eigenvalue weighted by Crippen LogP contribution is -2.23. The summed E-state index contributed by atoms with van der Waals surface area (Å²) in [6.07, 6.45) is 5.10. The molecule has 3 aromatic rings. The summed E-state index contributed by atoms with van der Waals surface area (Å²) in [5, 5.41) is 7.38. The summed E-state index contributed by atoms with van der Waals surface area (Å²) < 4.78 is 0. The molecule has 1 aromatic heterocycles. The van der Waals surface area contributed by atoms with Gasteiger partial charge in [0.05, 0.1) is 0 Å². The van der Waals surface area contributed by atoms with Gasteiger partial charge in [-0.1, -0.05) is 37.1 Å². The van der Waals surface area contributed by atoms with Crippen molar-refractivity contribution in [2.45, 2.75) is 72.1 Å². The van der Waals surface area contributed by atoms with Crippen molar-refractivity contribution in [3.8, 4) is 11.1 Å². The van der Waals surface area contributed by atoms with E-state index in [2.05, 4.69) is 77.9 Å². The number of anilines is 1. The van der Waals surface area contributed by atoms with Crippen LogP contribution in [0.5, 0.6) is 0 Å². The molecule has 5 nitrogen and oxygen atoms in total. The van der Waals surface area contributed by atoms with Crippen LogP contribution in [0.15, 0.2) is 47.3 Å². The third-order valence-corrected chi connectivity index (χ3v) is 7.13. The Morgan fingerprint density at radius 2 is 1.66 bits per heavy atom. The molecule has 0 radical (unpaired) electrons. The Bertz CT molecular complexity index is 1200. The first-order chi connectivity index (χ1) is 16.8. The van der Waals surface area contributed by atoms with Crippen LogP contribution in [0.4, 0.5) is 5.69 Å². The molecule has 4 rings (SSSR count). The van der Waals surface area contributed by atoms with E-state index in [0.29, 0.717) is 19.1 Å². The van der Waals surface area contributed by atoms with E-state index < -0.39 is 0 Å². The zero-order valence-electron chi connectivity index (χ0n) is 21.9. The smallest absolute Gasteiger partial charge is 0.252 e. The van der Waals surface area contributed by atoms with Crippen LogP contribution in [-0.2, 0) is 19.6 Å². The molecular formula is C30H40N4O. The third kappa shape index (κ3) is 6.41. The second-order valence-electron chi connectivity index (χ2n) is 10.4. The maximum absolute atomic E-state index is 12.4. The average molecular weight is 473 g/mol. The fraction of sp³-hybridized carbons (Fsp3) is 0.433. The number of nitrogens with one attached hydrogen (secondary N) is 3. The Kier molecular flexibility index (Phi) is 8.09. The van der Waals surface area contributed by atoms with Crippen molar-refractivity contribution >= 4 is 5.69 Å². The van der Waals surface area contributed by atoms with Crippen LogP contribution < -0.4 is 16.2 Å². The zero-order chi connectivity index (χ0) is 24.9. The van der Waals surface area contributed by atoms with Crippen molar-refractivity contribution in [3.63, 3.8) is 0 Å². The van der Waals surface area contributed by atoms with Crippen molar-refractivity contribution in [1.82, 2.24) is 15.2 Å². The molecule has 1 aliphatic rings. The van der Waals surface area contributed by atoms with Gasteiger partial charge in [-0.3, -0.25) is 4.79 Å². The monoisotopic (exact) mass is 472 g/mol. The highest BCUT2D eigenvalue weighted by Crippen LogP contribution is 2.32. The van der Waals surface area contributed by atoms with E-state index in [1.54, 1.807) is 0 Å². The van der Waals surface area contributed by atoms with Gasteiger partial charge in [-0.05, 0) is 99.3 Å². The molecule has 0 aliphatic heterocycles. The summed E-state index contributed by atoms with van der Waals surface area (Å²) >= 11 is 0. The number of rotatable bonds is 9. The maximum atomic E-state index is 12.4. The SMILES string of the molecule is Cc1cc(C)c(CNCc2cc(-c3ccc(CN(C)C)cc3)cc(NC3CCCC3)c2C)c(=O)[nH]1. The summed E-state index contributed by atoms with van der Waals surface area (Å²) in [6, 6.07) is 16.1. The molecule has 0 amide bonds. The van der Waals surface area contributed by atoms with Crippen molar-refractivity contribution in [3.05, 3.63) is 86.3 Å². The number of pyridine rings is 1. The number of hydrogen-bond acceptors (Lipinski definition) is 4. The molecule has 1 aliphatic carbocycles. The van der Waals surface area contributed by atoms with Crippen LogP contribution >= 0.6 is 0 Å². The largest absolute Gasteiger partial charge is 0.382 e. The third-order valence-electron chi connectivity index (χ3n) is 7.13. The minimum atomic E-state index is 0.00174. The van der Waals surface area contributed by atoms with E-state index >= 15 is 0 Å². The fourth-order valence-corrected chi connectivity index (χ4v) is 5.16. The summed E-state index contributed by atoms with van der Waals surface area (Å²) in [6.45, 7) is 8.35. The van der Waals surface area contributed by atoms with Crippen LogP contribution in [0.25, 0.3) is 11.1 Å². The summed E-state index contributed by atoms with van der Waals surface area (Å²) in [5.41, 5.74) is 10.3. The van der Waals surface area contributed by atoms with E-state index in [0.717, 1.165) is 23.4 Å². The minimum Gasteiger partial charge on any atom is -0.382 e. The molecule has 35 heavy (non-hydrogen) atoms. The second kappa shape index (κ2) is 11.2. The molecule has 1 heterocycles. The summed E-state index contributed by atoms with van der Waals surface area (Å²) in [5.74, 6) is 0. The molecule has 1 saturated carbocycles. The first-order valence-corrected chi connectivity index (χ1v) is 12.8. The van der Waals surface area contributed by atoms with E-state index in [1.165, 1.54) is 59.2 Å².